The lowest BCUT2D eigenvalue weighted by molar-refractivity contribution is 0.0353. The lowest BCUT2D eigenvalue weighted by Crippen LogP contribution is -2.31. The fourth-order valence-corrected chi connectivity index (χ4v) is 1.54. The van der Waals surface area contributed by atoms with Crippen LogP contribution in [0.4, 0.5) is 5.69 Å². The number of esters is 1. The molecule has 8 heteroatoms. The summed E-state index contributed by atoms with van der Waals surface area (Å²) in [5.74, 6) is -0.532. The van der Waals surface area contributed by atoms with Crippen LogP contribution in [0.3, 0.4) is 0 Å². The zero-order chi connectivity index (χ0) is 13.0. The summed E-state index contributed by atoms with van der Waals surface area (Å²) in [5, 5.41) is 16.5. The van der Waals surface area contributed by atoms with E-state index in [1.165, 1.54) is 7.11 Å². The maximum Gasteiger partial charge on any atom is 0.360 e. The molecule has 1 N–H and O–H groups in total. The Morgan fingerprint density at radius 1 is 1.50 bits per heavy atom. The van der Waals surface area contributed by atoms with E-state index in [2.05, 4.69) is 25.3 Å². The van der Waals surface area contributed by atoms with Crippen molar-refractivity contribution in [3.05, 3.63) is 11.4 Å². The molecule has 0 unspecified atom stereocenters. The van der Waals surface area contributed by atoms with E-state index in [1.54, 1.807) is 11.9 Å². The molecule has 18 heavy (non-hydrogen) atoms. The van der Waals surface area contributed by atoms with Gasteiger partial charge in [0.2, 0.25) is 0 Å². The van der Waals surface area contributed by atoms with Gasteiger partial charge in [-0.2, -0.15) is 5.10 Å². The molecule has 0 atom stereocenters. The van der Waals surface area contributed by atoms with Crippen LogP contribution in [-0.2, 0) is 9.47 Å². The minimum absolute atomic E-state index is 0.145. The Morgan fingerprint density at radius 2 is 2.22 bits per heavy atom. The van der Waals surface area contributed by atoms with E-state index < -0.39 is 5.97 Å². The molecule has 0 radical (unpaired) electrons. The second kappa shape index (κ2) is 5.58. The first-order valence-electron chi connectivity index (χ1n) is 5.60. The molecule has 2 heterocycles. The third kappa shape index (κ3) is 2.65. The largest absolute Gasteiger partial charge is 0.464 e. The number of carbonyl (C=O) groups excluding carboxylic acids is 1. The summed E-state index contributed by atoms with van der Waals surface area (Å²) in [6.45, 7) is 4.41. The van der Waals surface area contributed by atoms with Crippen molar-refractivity contribution >= 4 is 11.7 Å². The van der Waals surface area contributed by atoms with Crippen molar-refractivity contribution < 1.29 is 14.3 Å². The standard InChI is InChI=1S/C10H15N5O3/c1-7-8(9(12-11-7)10(16)17-2)13-14-15-3-5-18-6-4-15/h3-6H2,1-2H3,(H,11,12). The molecule has 1 aromatic heterocycles. The number of hydrogen-bond donors (Lipinski definition) is 1. The highest BCUT2D eigenvalue weighted by molar-refractivity contribution is 5.92. The van der Waals surface area contributed by atoms with Crippen LogP contribution in [-0.4, -0.2) is 54.6 Å². The summed E-state index contributed by atoms with van der Waals surface area (Å²) in [6.07, 6.45) is 0. The van der Waals surface area contributed by atoms with Crippen LogP contribution in [0, 0.1) is 6.92 Å². The van der Waals surface area contributed by atoms with E-state index >= 15 is 0 Å². The van der Waals surface area contributed by atoms with E-state index in [-0.39, 0.29) is 5.69 Å². The van der Waals surface area contributed by atoms with Crippen LogP contribution in [0.1, 0.15) is 16.2 Å². The van der Waals surface area contributed by atoms with Crippen LogP contribution in [0.2, 0.25) is 0 Å². The highest BCUT2D eigenvalue weighted by Gasteiger charge is 2.18. The summed E-state index contributed by atoms with van der Waals surface area (Å²) in [7, 11) is 1.30. The van der Waals surface area contributed by atoms with Crippen LogP contribution in [0.15, 0.2) is 10.3 Å². The summed E-state index contributed by atoms with van der Waals surface area (Å²) >= 11 is 0. The van der Waals surface area contributed by atoms with Gasteiger partial charge >= 0.3 is 5.97 Å². The smallest absolute Gasteiger partial charge is 0.360 e. The van der Waals surface area contributed by atoms with Crippen LogP contribution in [0.25, 0.3) is 0 Å². The predicted octanol–water partition coefficient (Wildman–Crippen LogP) is 0.836. The predicted molar refractivity (Wildman–Crippen MR) is 61.6 cm³/mol. The molecular formula is C10H15N5O3. The Bertz CT molecular complexity index is 450. The van der Waals surface area contributed by atoms with Crippen molar-refractivity contribution in [2.24, 2.45) is 10.3 Å². The number of methoxy groups -OCH3 is 1. The average Bonchev–Trinajstić information content (AvgIpc) is 2.78. The number of ether oxygens (including phenoxy) is 2. The lowest BCUT2D eigenvalue weighted by atomic mass is 10.3. The van der Waals surface area contributed by atoms with Crippen molar-refractivity contribution in [2.75, 3.05) is 33.4 Å². The van der Waals surface area contributed by atoms with E-state index in [1.807, 2.05) is 0 Å². The van der Waals surface area contributed by atoms with Crippen molar-refractivity contribution in [3.63, 3.8) is 0 Å². The number of rotatable bonds is 3. The third-order valence-corrected chi connectivity index (χ3v) is 2.55. The molecule has 1 aromatic rings. The fraction of sp³-hybridized carbons (Fsp3) is 0.600. The number of carbonyl (C=O) groups is 1. The van der Waals surface area contributed by atoms with E-state index in [0.29, 0.717) is 37.7 Å². The molecule has 1 aliphatic rings. The van der Waals surface area contributed by atoms with E-state index in [4.69, 9.17) is 4.74 Å². The number of morpholine rings is 1. The zero-order valence-corrected chi connectivity index (χ0v) is 10.3. The molecule has 98 valence electrons. The highest BCUT2D eigenvalue weighted by Crippen LogP contribution is 2.22. The van der Waals surface area contributed by atoms with Crippen molar-refractivity contribution in [2.45, 2.75) is 6.92 Å². The van der Waals surface area contributed by atoms with Gasteiger partial charge in [-0.05, 0) is 6.92 Å². The number of aryl methyl sites for hydroxylation is 1. The first-order valence-corrected chi connectivity index (χ1v) is 5.60. The number of aromatic nitrogens is 2. The van der Waals surface area contributed by atoms with Crippen molar-refractivity contribution in [1.29, 1.82) is 0 Å². The monoisotopic (exact) mass is 253 g/mol. The second-order valence-corrected chi connectivity index (χ2v) is 3.79. The lowest BCUT2D eigenvalue weighted by Gasteiger charge is -2.22. The van der Waals surface area contributed by atoms with Crippen LogP contribution in [0.5, 0.6) is 0 Å². The third-order valence-electron chi connectivity index (χ3n) is 2.55. The van der Waals surface area contributed by atoms with Gasteiger partial charge in [-0.15, -0.1) is 5.11 Å². The summed E-state index contributed by atoms with van der Waals surface area (Å²) in [6, 6.07) is 0. The first kappa shape index (κ1) is 12.5. The topological polar surface area (TPSA) is 92.2 Å². The number of hydrogen-bond acceptors (Lipinski definition) is 6. The Hall–Kier alpha value is -1.96. The zero-order valence-electron chi connectivity index (χ0n) is 10.3. The molecule has 0 saturated carbocycles. The van der Waals surface area contributed by atoms with Crippen molar-refractivity contribution in [1.82, 2.24) is 15.2 Å². The van der Waals surface area contributed by atoms with Gasteiger partial charge in [-0.3, -0.25) is 10.1 Å². The van der Waals surface area contributed by atoms with Gasteiger partial charge in [0, 0.05) is 0 Å². The van der Waals surface area contributed by atoms with E-state index in [9.17, 15) is 4.79 Å². The average molecular weight is 253 g/mol. The highest BCUT2D eigenvalue weighted by atomic mass is 16.5. The van der Waals surface area contributed by atoms with Gasteiger partial charge in [0.15, 0.2) is 5.69 Å². The molecule has 1 fully saturated rings. The van der Waals surface area contributed by atoms with Gasteiger partial charge in [-0.1, -0.05) is 5.22 Å². The fourth-order valence-electron chi connectivity index (χ4n) is 1.54. The van der Waals surface area contributed by atoms with Gasteiger partial charge in [0.1, 0.15) is 5.69 Å². The Kier molecular flexibility index (Phi) is 3.88. The Labute approximate surface area is 104 Å². The van der Waals surface area contributed by atoms with Crippen LogP contribution < -0.4 is 0 Å². The second-order valence-electron chi connectivity index (χ2n) is 3.79. The maximum atomic E-state index is 11.5. The quantitative estimate of drug-likeness (QED) is 0.636. The minimum Gasteiger partial charge on any atom is -0.464 e. The minimum atomic E-state index is -0.532. The molecule has 0 aliphatic carbocycles. The van der Waals surface area contributed by atoms with Gasteiger partial charge < -0.3 is 9.47 Å². The molecule has 0 amide bonds. The summed E-state index contributed by atoms with van der Waals surface area (Å²) in [5.41, 5.74) is 1.23. The molecule has 1 aliphatic heterocycles. The van der Waals surface area contributed by atoms with Gasteiger partial charge in [-0.25, -0.2) is 4.79 Å². The molecule has 0 bridgehead atoms. The summed E-state index contributed by atoms with van der Waals surface area (Å²) in [4.78, 5) is 11.5. The van der Waals surface area contributed by atoms with Gasteiger partial charge in [0.05, 0.1) is 39.1 Å². The van der Waals surface area contributed by atoms with Crippen molar-refractivity contribution in [3.8, 4) is 0 Å². The molecule has 0 spiro atoms. The number of nitrogens with one attached hydrogen (secondary N) is 1. The normalized spacial score (nSPS) is 16.2. The Balaban J connectivity index is 2.14. The van der Waals surface area contributed by atoms with Gasteiger partial charge in [0.25, 0.3) is 0 Å². The molecule has 0 aromatic carbocycles. The Morgan fingerprint density at radius 3 is 2.89 bits per heavy atom. The molecule has 1 saturated heterocycles. The van der Waals surface area contributed by atoms with Crippen LogP contribution >= 0.6 is 0 Å². The maximum absolute atomic E-state index is 11.5. The SMILES string of the molecule is COC(=O)c1n[nH]c(C)c1N=NN1CCOCC1. The molecule has 2 rings (SSSR count). The first-order chi connectivity index (χ1) is 8.72. The van der Waals surface area contributed by atoms with E-state index in [0.717, 1.165) is 0 Å². The number of H-pyrrole nitrogens is 1. The molecular weight excluding hydrogens is 238 g/mol. The molecule has 8 nitrogen and oxygen atoms in total. The summed E-state index contributed by atoms with van der Waals surface area (Å²) < 4.78 is 9.83. The number of nitrogens with zero attached hydrogens (tertiary/aromatic N) is 4. The number of aromatic amines is 1.